The number of hydrogen-bond acceptors (Lipinski definition) is 3. The molecule has 1 heterocycles. The molecule has 0 saturated heterocycles. The molecule has 1 aliphatic rings. The van der Waals surface area contributed by atoms with E-state index in [1.165, 1.54) is 12.8 Å². The van der Waals surface area contributed by atoms with Crippen molar-refractivity contribution < 1.29 is 4.84 Å². The maximum absolute atomic E-state index is 5.63. The molecule has 0 bridgehead atoms. The van der Waals surface area contributed by atoms with Gasteiger partial charge in [0.25, 0.3) is 0 Å². The van der Waals surface area contributed by atoms with E-state index in [-0.39, 0.29) is 0 Å². The summed E-state index contributed by atoms with van der Waals surface area (Å²) < 4.78 is 1.98. The van der Waals surface area contributed by atoms with E-state index in [1.54, 1.807) is 12.5 Å². The largest absolute Gasteiger partial charge is 0.391 e. The minimum absolute atomic E-state index is 0.444. The third kappa shape index (κ3) is 5.08. The van der Waals surface area contributed by atoms with Crippen molar-refractivity contribution in [1.82, 2.24) is 9.55 Å². The van der Waals surface area contributed by atoms with Crippen LogP contribution in [0.15, 0.2) is 78.5 Å². The Hall–Kier alpha value is -3.32. The van der Waals surface area contributed by atoms with Crippen molar-refractivity contribution in [3.8, 4) is 11.8 Å². The highest BCUT2D eigenvalue weighted by atomic mass is 16.6. The second-order valence-electron chi connectivity index (χ2n) is 6.65. The molecule has 4 heteroatoms. The molecular formula is C23H21N3O. The van der Waals surface area contributed by atoms with Gasteiger partial charge in [0.2, 0.25) is 0 Å². The van der Waals surface area contributed by atoms with Crippen LogP contribution in [0.1, 0.15) is 29.5 Å². The van der Waals surface area contributed by atoms with E-state index >= 15 is 0 Å². The van der Waals surface area contributed by atoms with Gasteiger partial charge in [-0.05, 0) is 30.5 Å². The quantitative estimate of drug-likeness (QED) is 0.376. The third-order valence-electron chi connectivity index (χ3n) is 4.36. The molecule has 1 saturated carbocycles. The Balaban J connectivity index is 1.50. The van der Waals surface area contributed by atoms with Crippen LogP contribution in [0.3, 0.4) is 0 Å². The Morgan fingerprint density at radius 3 is 2.63 bits per heavy atom. The molecule has 1 fully saturated rings. The normalized spacial score (nSPS) is 13.7. The van der Waals surface area contributed by atoms with Crippen LogP contribution in [-0.2, 0) is 18.0 Å². The lowest BCUT2D eigenvalue weighted by molar-refractivity contribution is 0.130. The molecule has 0 aliphatic heterocycles. The summed E-state index contributed by atoms with van der Waals surface area (Å²) >= 11 is 0. The van der Waals surface area contributed by atoms with Crippen LogP contribution in [0.5, 0.6) is 0 Å². The minimum Gasteiger partial charge on any atom is -0.391 e. The van der Waals surface area contributed by atoms with Crippen molar-refractivity contribution in [2.24, 2.45) is 11.1 Å². The van der Waals surface area contributed by atoms with E-state index in [0.29, 0.717) is 19.1 Å². The summed E-state index contributed by atoms with van der Waals surface area (Å²) in [6.45, 7) is 1.04. The van der Waals surface area contributed by atoms with Gasteiger partial charge in [0.15, 0.2) is 0 Å². The van der Waals surface area contributed by atoms with Crippen LogP contribution in [0, 0.1) is 17.8 Å². The van der Waals surface area contributed by atoms with Crippen molar-refractivity contribution in [2.75, 3.05) is 0 Å². The summed E-state index contributed by atoms with van der Waals surface area (Å²) in [6, 6.07) is 18.2. The number of benzene rings is 2. The molecule has 0 atom stereocenters. The number of rotatable bonds is 6. The zero-order chi connectivity index (χ0) is 18.3. The van der Waals surface area contributed by atoms with Gasteiger partial charge in [-0.3, -0.25) is 0 Å². The Labute approximate surface area is 159 Å². The van der Waals surface area contributed by atoms with E-state index < -0.39 is 0 Å². The molecule has 0 amide bonds. The highest BCUT2D eigenvalue weighted by Crippen LogP contribution is 2.27. The second kappa shape index (κ2) is 8.37. The molecule has 0 N–H and O–H groups in total. The molecule has 0 unspecified atom stereocenters. The Bertz CT molecular complexity index is 944. The van der Waals surface area contributed by atoms with Crippen LogP contribution in [0.25, 0.3) is 0 Å². The van der Waals surface area contributed by atoms with Gasteiger partial charge in [0.05, 0.1) is 12.9 Å². The zero-order valence-corrected chi connectivity index (χ0v) is 15.1. The highest BCUT2D eigenvalue weighted by molar-refractivity contribution is 6.00. The summed E-state index contributed by atoms with van der Waals surface area (Å²) in [5, 5.41) is 4.41. The van der Waals surface area contributed by atoms with Crippen LogP contribution < -0.4 is 0 Å². The summed E-state index contributed by atoms with van der Waals surface area (Å²) in [5.41, 5.74) is 4.01. The van der Waals surface area contributed by atoms with Crippen molar-refractivity contribution in [3.63, 3.8) is 0 Å². The van der Waals surface area contributed by atoms with Gasteiger partial charge in [0.1, 0.15) is 12.3 Å². The van der Waals surface area contributed by atoms with E-state index in [1.807, 2.05) is 53.2 Å². The average Bonchev–Trinajstić information content (AvgIpc) is 3.41. The summed E-state index contributed by atoms with van der Waals surface area (Å²) in [7, 11) is 0. The molecule has 1 aliphatic carbocycles. The Morgan fingerprint density at radius 1 is 1.11 bits per heavy atom. The summed E-state index contributed by atoms with van der Waals surface area (Å²) in [6.07, 6.45) is 7.94. The number of imidazole rings is 1. The number of hydrogen-bond donors (Lipinski definition) is 0. The van der Waals surface area contributed by atoms with Crippen molar-refractivity contribution >= 4 is 5.71 Å². The van der Waals surface area contributed by atoms with Crippen molar-refractivity contribution in [1.29, 1.82) is 0 Å². The van der Waals surface area contributed by atoms with E-state index in [4.69, 9.17) is 4.84 Å². The zero-order valence-electron chi connectivity index (χ0n) is 15.1. The van der Waals surface area contributed by atoms with Crippen LogP contribution >= 0.6 is 0 Å². The lowest BCUT2D eigenvalue weighted by atomic mass is 10.1. The molecule has 4 nitrogen and oxygen atoms in total. The average molecular weight is 355 g/mol. The number of oxime groups is 1. The maximum Gasteiger partial charge on any atom is 0.142 e. The predicted molar refractivity (Wildman–Crippen MR) is 106 cm³/mol. The van der Waals surface area contributed by atoms with Gasteiger partial charge in [-0.25, -0.2) is 4.98 Å². The third-order valence-corrected chi connectivity index (χ3v) is 4.36. The fourth-order valence-corrected chi connectivity index (χ4v) is 2.64. The fraction of sp³-hybridized carbons (Fsp3) is 0.217. The lowest BCUT2D eigenvalue weighted by Gasteiger charge is -2.08. The topological polar surface area (TPSA) is 39.4 Å². The smallest absolute Gasteiger partial charge is 0.142 e. The number of nitrogens with zero attached hydrogens (tertiary/aromatic N) is 3. The van der Waals surface area contributed by atoms with Gasteiger partial charge < -0.3 is 9.40 Å². The van der Waals surface area contributed by atoms with E-state index in [2.05, 4.69) is 34.1 Å². The molecule has 0 spiro atoms. The first-order chi connectivity index (χ1) is 13.4. The first-order valence-electron chi connectivity index (χ1n) is 9.17. The van der Waals surface area contributed by atoms with Gasteiger partial charge in [-0.15, -0.1) is 0 Å². The van der Waals surface area contributed by atoms with Crippen LogP contribution in [0.2, 0.25) is 0 Å². The van der Waals surface area contributed by atoms with E-state index in [9.17, 15) is 0 Å². The highest BCUT2D eigenvalue weighted by Gasteiger charge is 2.17. The Kier molecular flexibility index (Phi) is 5.31. The van der Waals surface area contributed by atoms with Crippen molar-refractivity contribution in [2.45, 2.75) is 26.0 Å². The molecule has 27 heavy (non-hydrogen) atoms. The standard InChI is InChI=1S/C23H21N3O/c1-2-4-21(5-3-1)17-27-25-23(16-26-15-14-24-18-26)22-12-10-20(11-13-22)9-8-19-6-7-19/h1-5,10-15,18-19H,6-7,16-17H2. The van der Waals surface area contributed by atoms with Crippen LogP contribution in [0.4, 0.5) is 0 Å². The van der Waals surface area contributed by atoms with Crippen LogP contribution in [-0.4, -0.2) is 15.3 Å². The van der Waals surface area contributed by atoms with Gasteiger partial charge in [-0.1, -0.05) is 59.5 Å². The molecule has 1 aromatic heterocycles. The lowest BCUT2D eigenvalue weighted by Crippen LogP contribution is -2.11. The molecular weight excluding hydrogens is 334 g/mol. The molecule has 2 aromatic carbocycles. The summed E-state index contributed by atoms with van der Waals surface area (Å²) in [5.74, 6) is 7.15. The molecule has 3 aromatic rings. The predicted octanol–water partition coefficient (Wildman–Crippen LogP) is 4.27. The van der Waals surface area contributed by atoms with Crippen molar-refractivity contribution in [3.05, 3.63) is 90.0 Å². The maximum atomic E-state index is 5.63. The summed E-state index contributed by atoms with van der Waals surface area (Å²) in [4.78, 5) is 9.74. The first-order valence-corrected chi connectivity index (χ1v) is 9.17. The van der Waals surface area contributed by atoms with E-state index in [0.717, 1.165) is 22.4 Å². The SMILES string of the molecule is C(#CC1CC1)c1ccc(C(Cn2ccnc2)=NOCc2ccccc2)cc1. The van der Waals surface area contributed by atoms with Gasteiger partial charge in [-0.2, -0.15) is 0 Å². The van der Waals surface area contributed by atoms with Gasteiger partial charge in [0, 0.05) is 29.4 Å². The molecule has 0 radical (unpaired) electrons. The first kappa shape index (κ1) is 17.1. The molecule has 134 valence electrons. The Morgan fingerprint density at radius 2 is 1.93 bits per heavy atom. The molecule has 4 rings (SSSR count). The fourth-order valence-electron chi connectivity index (χ4n) is 2.64. The van der Waals surface area contributed by atoms with Gasteiger partial charge >= 0.3 is 0 Å². The minimum atomic E-state index is 0.444. The number of aromatic nitrogens is 2. The second-order valence-corrected chi connectivity index (χ2v) is 6.65. The monoisotopic (exact) mass is 355 g/mol.